The molecule has 0 aromatic heterocycles. The summed E-state index contributed by atoms with van der Waals surface area (Å²) in [6, 6.07) is -0.291. The smallest absolute Gasteiger partial charge is 0.321 e. The second-order valence-electron chi connectivity index (χ2n) is 3.96. The average Bonchev–Trinajstić information content (AvgIpc) is 2.26. The zero-order valence-electron chi connectivity index (χ0n) is 11.5. The van der Waals surface area contributed by atoms with Gasteiger partial charge in [-0.15, -0.1) is 0 Å². The molecule has 0 radical (unpaired) electrons. The lowest BCUT2D eigenvalue weighted by atomic mass is 10.4. The number of hydrogen-bond donors (Lipinski definition) is 0. The van der Waals surface area contributed by atoms with E-state index in [1.165, 1.54) is 0 Å². The maximum Gasteiger partial charge on any atom is 0.321 e. The molecular weight excluding hydrogens is 258 g/mol. The van der Waals surface area contributed by atoms with Crippen LogP contribution in [-0.4, -0.2) is 56.9 Å². The first kappa shape index (κ1) is 17.3. The van der Waals surface area contributed by atoms with Crippen molar-refractivity contribution in [2.24, 2.45) is 0 Å². The van der Waals surface area contributed by atoms with Gasteiger partial charge in [0, 0.05) is 12.6 Å². The van der Waals surface area contributed by atoms with E-state index >= 15 is 0 Å². The van der Waals surface area contributed by atoms with Gasteiger partial charge in [-0.05, 0) is 27.7 Å². The quantitative estimate of drug-likeness (QED) is 0.458. The molecule has 0 fully saturated rings. The highest BCUT2D eigenvalue weighted by Crippen LogP contribution is 2.08. The minimum absolute atomic E-state index is 0.127. The lowest BCUT2D eigenvalue weighted by molar-refractivity contribution is -0.143. The second kappa shape index (κ2) is 8.44. The fourth-order valence-corrected chi connectivity index (χ4v) is 2.87. The number of rotatable bonds is 9. The molecule has 0 saturated carbocycles. The molecule has 0 saturated heterocycles. The van der Waals surface area contributed by atoms with Crippen molar-refractivity contribution in [2.75, 3.05) is 32.1 Å². The molecule has 6 nitrogen and oxygen atoms in total. The molecule has 0 aromatic carbocycles. The van der Waals surface area contributed by atoms with E-state index < -0.39 is 16.0 Å². The Kier molecular flexibility index (Phi) is 8.13. The number of hydrogen-bond acceptors (Lipinski definition) is 5. The van der Waals surface area contributed by atoms with Gasteiger partial charge in [-0.2, -0.15) is 4.31 Å². The zero-order chi connectivity index (χ0) is 14.2. The van der Waals surface area contributed by atoms with E-state index in [0.717, 1.165) is 4.31 Å². The first-order chi connectivity index (χ1) is 8.35. The van der Waals surface area contributed by atoms with Crippen molar-refractivity contribution in [2.45, 2.75) is 33.7 Å². The number of carbonyl (C=O) groups excluding carboxylic acids is 1. The summed E-state index contributed by atoms with van der Waals surface area (Å²) in [4.78, 5) is 11.4. The van der Waals surface area contributed by atoms with Crippen molar-refractivity contribution in [3.63, 3.8) is 0 Å². The third kappa shape index (κ3) is 6.32. The average molecular weight is 281 g/mol. The zero-order valence-corrected chi connectivity index (χ0v) is 12.3. The molecule has 0 aliphatic carbocycles. The largest absolute Gasteiger partial charge is 0.465 e. The van der Waals surface area contributed by atoms with Crippen molar-refractivity contribution < 1.29 is 22.7 Å². The van der Waals surface area contributed by atoms with Gasteiger partial charge >= 0.3 is 5.97 Å². The van der Waals surface area contributed by atoms with Gasteiger partial charge in [0.25, 0.3) is 0 Å². The Morgan fingerprint density at radius 1 is 1.22 bits per heavy atom. The summed E-state index contributed by atoms with van der Waals surface area (Å²) in [5.41, 5.74) is 0. The first-order valence-corrected chi connectivity index (χ1v) is 7.68. The molecule has 0 aliphatic rings. The Balaban J connectivity index is 4.62. The second-order valence-corrected chi connectivity index (χ2v) is 6.00. The van der Waals surface area contributed by atoms with Gasteiger partial charge < -0.3 is 9.47 Å². The molecule has 0 atom stereocenters. The van der Waals surface area contributed by atoms with Gasteiger partial charge in [-0.25, -0.2) is 8.42 Å². The van der Waals surface area contributed by atoms with Crippen LogP contribution >= 0.6 is 0 Å². The molecule has 0 N–H and O–H groups in total. The molecule has 108 valence electrons. The normalized spacial score (nSPS) is 12.1. The molecule has 0 unspecified atom stereocenters. The summed E-state index contributed by atoms with van der Waals surface area (Å²) in [5, 5.41) is 0. The van der Waals surface area contributed by atoms with Crippen LogP contribution in [-0.2, 0) is 24.3 Å². The van der Waals surface area contributed by atoms with E-state index in [2.05, 4.69) is 0 Å². The molecule has 0 aromatic rings. The molecule has 0 amide bonds. The van der Waals surface area contributed by atoms with Crippen LogP contribution < -0.4 is 0 Å². The minimum atomic E-state index is -3.50. The van der Waals surface area contributed by atoms with Crippen LogP contribution in [0.3, 0.4) is 0 Å². The first-order valence-electron chi connectivity index (χ1n) is 6.08. The summed E-state index contributed by atoms with van der Waals surface area (Å²) in [6.07, 6.45) is 0. The monoisotopic (exact) mass is 281 g/mol. The number of sulfonamides is 1. The number of carbonyl (C=O) groups is 1. The Bertz CT molecular complexity index is 339. The van der Waals surface area contributed by atoms with Crippen LogP contribution in [0.25, 0.3) is 0 Å². The topological polar surface area (TPSA) is 72.9 Å². The Morgan fingerprint density at radius 2 is 1.83 bits per heavy atom. The van der Waals surface area contributed by atoms with Gasteiger partial charge in [0.15, 0.2) is 0 Å². The van der Waals surface area contributed by atoms with Crippen LogP contribution in [0.1, 0.15) is 27.7 Å². The lowest BCUT2D eigenvalue weighted by Gasteiger charge is -2.24. The van der Waals surface area contributed by atoms with Crippen molar-refractivity contribution in [1.82, 2.24) is 4.31 Å². The number of esters is 1. The third-order valence-electron chi connectivity index (χ3n) is 2.21. The van der Waals surface area contributed by atoms with Crippen LogP contribution in [0.5, 0.6) is 0 Å². The molecule has 18 heavy (non-hydrogen) atoms. The summed E-state index contributed by atoms with van der Waals surface area (Å²) in [7, 11) is -3.50. The summed E-state index contributed by atoms with van der Waals surface area (Å²) >= 11 is 0. The summed E-state index contributed by atoms with van der Waals surface area (Å²) < 4.78 is 35.0. The Morgan fingerprint density at radius 3 is 2.28 bits per heavy atom. The standard InChI is InChI=1S/C11H23NO5S/c1-5-16-7-8-18(14,15)12(10(3)4)9-11(13)17-6-2/h10H,5-9H2,1-4H3. The van der Waals surface area contributed by atoms with E-state index in [1.54, 1.807) is 27.7 Å². The van der Waals surface area contributed by atoms with E-state index in [4.69, 9.17) is 9.47 Å². The van der Waals surface area contributed by atoms with Crippen molar-refractivity contribution in [3.05, 3.63) is 0 Å². The van der Waals surface area contributed by atoms with Crippen LogP contribution in [0.15, 0.2) is 0 Å². The van der Waals surface area contributed by atoms with E-state index in [0.29, 0.717) is 6.61 Å². The molecule has 0 spiro atoms. The molecule has 0 rings (SSSR count). The highest BCUT2D eigenvalue weighted by molar-refractivity contribution is 7.89. The van der Waals surface area contributed by atoms with Gasteiger partial charge in [-0.1, -0.05) is 0 Å². The predicted molar refractivity (Wildman–Crippen MR) is 68.8 cm³/mol. The van der Waals surface area contributed by atoms with Gasteiger partial charge in [0.2, 0.25) is 10.0 Å². The Hall–Kier alpha value is -0.660. The number of ether oxygens (including phenoxy) is 2. The molecule has 0 heterocycles. The van der Waals surface area contributed by atoms with Crippen molar-refractivity contribution in [3.8, 4) is 0 Å². The number of nitrogens with zero attached hydrogens (tertiary/aromatic N) is 1. The fraction of sp³-hybridized carbons (Fsp3) is 0.909. The van der Waals surface area contributed by atoms with Crippen molar-refractivity contribution >= 4 is 16.0 Å². The molecule has 7 heteroatoms. The van der Waals surface area contributed by atoms with Crippen molar-refractivity contribution in [1.29, 1.82) is 0 Å². The third-order valence-corrected chi connectivity index (χ3v) is 4.16. The van der Waals surface area contributed by atoms with Gasteiger partial charge in [-0.3, -0.25) is 4.79 Å². The summed E-state index contributed by atoms with van der Waals surface area (Å²) in [5.74, 6) is -0.663. The molecule has 0 bridgehead atoms. The maximum atomic E-state index is 12.0. The Labute approximate surface area is 109 Å². The van der Waals surface area contributed by atoms with Crippen LogP contribution in [0.2, 0.25) is 0 Å². The SMILES string of the molecule is CCOCCS(=O)(=O)N(CC(=O)OCC)C(C)C. The van der Waals surface area contributed by atoms with E-state index in [-0.39, 0.29) is 31.6 Å². The minimum Gasteiger partial charge on any atom is -0.465 e. The summed E-state index contributed by atoms with van der Waals surface area (Å²) in [6.45, 7) is 7.51. The molecule has 0 aliphatic heterocycles. The van der Waals surface area contributed by atoms with Crippen LogP contribution in [0.4, 0.5) is 0 Å². The predicted octanol–water partition coefficient (Wildman–Crippen LogP) is 0.626. The van der Waals surface area contributed by atoms with Crippen LogP contribution in [0, 0.1) is 0 Å². The molecular formula is C11H23NO5S. The van der Waals surface area contributed by atoms with E-state index in [9.17, 15) is 13.2 Å². The highest BCUT2D eigenvalue weighted by Gasteiger charge is 2.27. The lowest BCUT2D eigenvalue weighted by Crippen LogP contribution is -2.43. The highest BCUT2D eigenvalue weighted by atomic mass is 32.2. The fourth-order valence-electron chi connectivity index (χ4n) is 1.36. The van der Waals surface area contributed by atoms with E-state index in [1.807, 2.05) is 0 Å². The van der Waals surface area contributed by atoms with Gasteiger partial charge in [0.1, 0.15) is 6.54 Å². The maximum absolute atomic E-state index is 12.0. The van der Waals surface area contributed by atoms with Gasteiger partial charge in [0.05, 0.1) is 19.0 Å².